The Bertz CT molecular complexity index is 1230. The van der Waals surface area contributed by atoms with E-state index in [0.717, 1.165) is 36.5 Å². The number of fused-ring (bicyclic) bond motifs is 1. The minimum absolute atomic E-state index is 0.131. The zero-order chi connectivity index (χ0) is 24.4. The second-order valence-corrected chi connectivity index (χ2v) is 10.1. The van der Waals surface area contributed by atoms with Crippen molar-refractivity contribution in [2.24, 2.45) is 5.92 Å². The first kappa shape index (κ1) is 23.2. The van der Waals surface area contributed by atoms with Gasteiger partial charge in [0.2, 0.25) is 5.91 Å². The smallest absolute Gasteiger partial charge is 0.264 e. The van der Waals surface area contributed by atoms with Gasteiger partial charge in [-0.25, -0.2) is 4.98 Å². The third-order valence-corrected chi connectivity index (χ3v) is 7.58. The summed E-state index contributed by atoms with van der Waals surface area (Å²) in [6.45, 7) is 2.14. The number of rotatable bonds is 7. The lowest BCUT2D eigenvalue weighted by Crippen LogP contribution is -2.44. The SMILES string of the molecule is CN(CCc1ccccc1)C(=O)[C@@H]1CCCN(c2cccc3c2C(=O)N(Cc2nccs2)C3=O)C1. The van der Waals surface area contributed by atoms with Gasteiger partial charge in [0.25, 0.3) is 11.8 Å². The van der Waals surface area contributed by atoms with E-state index in [1.54, 1.807) is 12.3 Å². The molecule has 0 radical (unpaired) electrons. The van der Waals surface area contributed by atoms with E-state index in [1.165, 1.54) is 21.8 Å². The lowest BCUT2D eigenvalue weighted by Gasteiger charge is -2.36. The fraction of sp³-hybridized carbons (Fsp3) is 0.333. The van der Waals surface area contributed by atoms with Crippen molar-refractivity contribution in [1.82, 2.24) is 14.8 Å². The number of hydrogen-bond donors (Lipinski definition) is 0. The van der Waals surface area contributed by atoms with Gasteiger partial charge in [-0.2, -0.15) is 0 Å². The maximum atomic E-state index is 13.3. The molecule has 3 amide bonds. The van der Waals surface area contributed by atoms with E-state index in [4.69, 9.17) is 0 Å². The molecule has 7 nitrogen and oxygen atoms in total. The van der Waals surface area contributed by atoms with Crippen LogP contribution in [0, 0.1) is 5.92 Å². The van der Waals surface area contributed by atoms with E-state index in [-0.39, 0.29) is 30.2 Å². The lowest BCUT2D eigenvalue weighted by atomic mass is 9.94. The van der Waals surface area contributed by atoms with Crippen molar-refractivity contribution in [3.05, 3.63) is 81.8 Å². The second kappa shape index (κ2) is 10.00. The first-order chi connectivity index (χ1) is 17.0. The van der Waals surface area contributed by atoms with Crippen molar-refractivity contribution in [2.45, 2.75) is 25.8 Å². The highest BCUT2D eigenvalue weighted by Crippen LogP contribution is 2.35. The summed E-state index contributed by atoms with van der Waals surface area (Å²) in [6.07, 6.45) is 4.17. The normalized spacial score (nSPS) is 17.6. The Kier molecular flexibility index (Phi) is 6.63. The number of benzene rings is 2. The van der Waals surface area contributed by atoms with E-state index in [2.05, 4.69) is 22.0 Å². The first-order valence-corrected chi connectivity index (χ1v) is 12.8. The van der Waals surface area contributed by atoms with Crippen molar-refractivity contribution < 1.29 is 14.4 Å². The number of carbonyl (C=O) groups is 3. The molecular weight excluding hydrogens is 460 g/mol. The molecule has 1 aromatic heterocycles. The summed E-state index contributed by atoms with van der Waals surface area (Å²) in [7, 11) is 1.86. The van der Waals surface area contributed by atoms with Gasteiger partial charge in [-0.1, -0.05) is 36.4 Å². The van der Waals surface area contributed by atoms with E-state index >= 15 is 0 Å². The Morgan fingerprint density at radius 3 is 2.71 bits per heavy atom. The Morgan fingerprint density at radius 1 is 1.11 bits per heavy atom. The predicted octanol–water partition coefficient (Wildman–Crippen LogP) is 3.86. The zero-order valence-corrected chi connectivity index (χ0v) is 20.5. The quantitative estimate of drug-likeness (QED) is 0.472. The molecule has 0 spiro atoms. The van der Waals surface area contributed by atoms with Gasteiger partial charge in [0, 0.05) is 38.3 Å². The monoisotopic (exact) mass is 488 g/mol. The largest absolute Gasteiger partial charge is 0.370 e. The highest BCUT2D eigenvalue weighted by atomic mass is 32.1. The predicted molar refractivity (Wildman–Crippen MR) is 135 cm³/mol. The standard InChI is InChI=1S/C27H28N4O3S/c1-29(15-12-19-7-3-2-4-8-19)25(32)20-9-6-14-30(17-20)22-11-5-10-21-24(22)27(34)31(26(21)33)18-23-28-13-16-35-23/h2-5,7-8,10-11,13,16,20H,6,9,12,14-15,17-18H2,1H3/t20-/m1/s1. The van der Waals surface area contributed by atoms with Crippen LogP contribution in [0.4, 0.5) is 5.69 Å². The molecule has 1 atom stereocenters. The highest BCUT2D eigenvalue weighted by molar-refractivity contribution is 7.09. The van der Waals surface area contributed by atoms with Gasteiger partial charge in [-0.15, -0.1) is 11.3 Å². The average Bonchev–Trinajstić information content (AvgIpc) is 3.50. The minimum atomic E-state index is -0.288. The van der Waals surface area contributed by atoms with Crippen molar-refractivity contribution in [1.29, 1.82) is 0 Å². The summed E-state index contributed by atoms with van der Waals surface area (Å²) >= 11 is 1.42. The minimum Gasteiger partial charge on any atom is -0.370 e. The van der Waals surface area contributed by atoms with E-state index in [9.17, 15) is 14.4 Å². The molecule has 0 N–H and O–H groups in total. The van der Waals surface area contributed by atoms with Crippen LogP contribution in [-0.4, -0.2) is 59.2 Å². The number of hydrogen-bond acceptors (Lipinski definition) is 6. The van der Waals surface area contributed by atoms with Crippen LogP contribution in [0.2, 0.25) is 0 Å². The van der Waals surface area contributed by atoms with Crippen LogP contribution in [0.25, 0.3) is 0 Å². The van der Waals surface area contributed by atoms with Gasteiger partial charge in [0.05, 0.1) is 29.3 Å². The molecule has 2 aliphatic rings. The summed E-state index contributed by atoms with van der Waals surface area (Å²) in [5.74, 6) is -0.582. The number of aromatic nitrogens is 1. The zero-order valence-electron chi connectivity index (χ0n) is 19.7. The Hall–Kier alpha value is -3.52. The number of thiazole rings is 1. The fourth-order valence-corrected chi connectivity index (χ4v) is 5.55. The van der Waals surface area contributed by atoms with Crippen LogP contribution in [0.15, 0.2) is 60.1 Å². The van der Waals surface area contributed by atoms with Crippen LogP contribution < -0.4 is 4.90 Å². The van der Waals surface area contributed by atoms with Crippen LogP contribution in [0.5, 0.6) is 0 Å². The van der Waals surface area contributed by atoms with Crippen LogP contribution in [-0.2, 0) is 17.8 Å². The van der Waals surface area contributed by atoms with Gasteiger partial charge < -0.3 is 9.80 Å². The maximum absolute atomic E-state index is 13.3. The molecule has 0 saturated carbocycles. The molecule has 180 valence electrons. The van der Waals surface area contributed by atoms with Crippen LogP contribution in [0.3, 0.4) is 0 Å². The van der Waals surface area contributed by atoms with Crippen molar-refractivity contribution in [3.63, 3.8) is 0 Å². The highest BCUT2D eigenvalue weighted by Gasteiger charge is 2.40. The molecule has 2 aromatic carbocycles. The van der Waals surface area contributed by atoms with Crippen molar-refractivity contribution >= 4 is 34.7 Å². The van der Waals surface area contributed by atoms with Gasteiger partial charge in [-0.3, -0.25) is 19.3 Å². The van der Waals surface area contributed by atoms with Crippen molar-refractivity contribution in [2.75, 3.05) is 31.6 Å². The molecule has 3 heterocycles. The molecule has 8 heteroatoms. The molecule has 35 heavy (non-hydrogen) atoms. The number of nitrogens with zero attached hydrogens (tertiary/aromatic N) is 4. The van der Waals surface area contributed by atoms with Crippen LogP contribution in [0.1, 0.15) is 44.1 Å². The molecule has 5 rings (SSSR count). The second-order valence-electron chi connectivity index (χ2n) is 9.10. The number of amides is 3. The van der Waals surface area contributed by atoms with Gasteiger partial charge in [-0.05, 0) is 37.0 Å². The number of piperidine rings is 1. The summed E-state index contributed by atoms with van der Waals surface area (Å²) < 4.78 is 0. The molecule has 1 fully saturated rings. The Morgan fingerprint density at radius 2 is 1.94 bits per heavy atom. The third-order valence-electron chi connectivity index (χ3n) is 6.82. The summed E-state index contributed by atoms with van der Waals surface area (Å²) in [6, 6.07) is 15.6. The topological polar surface area (TPSA) is 73.8 Å². The Balaban J connectivity index is 1.30. The van der Waals surface area contributed by atoms with E-state index < -0.39 is 0 Å². The summed E-state index contributed by atoms with van der Waals surface area (Å²) in [5.41, 5.74) is 2.83. The molecule has 3 aromatic rings. The average molecular weight is 489 g/mol. The maximum Gasteiger partial charge on any atom is 0.264 e. The van der Waals surface area contributed by atoms with Gasteiger partial charge in [0.15, 0.2) is 0 Å². The Labute approximate surface area is 209 Å². The number of imide groups is 1. The number of likely N-dealkylation sites (N-methyl/N-ethyl adjacent to an activating group) is 1. The molecule has 0 aliphatic carbocycles. The number of carbonyl (C=O) groups excluding carboxylic acids is 3. The molecule has 1 saturated heterocycles. The molecule has 0 bridgehead atoms. The summed E-state index contributed by atoms with van der Waals surface area (Å²) in [4.78, 5) is 49.0. The van der Waals surface area contributed by atoms with Crippen LogP contribution >= 0.6 is 11.3 Å². The van der Waals surface area contributed by atoms with Crippen molar-refractivity contribution in [3.8, 4) is 0 Å². The number of anilines is 1. The molecule has 2 aliphatic heterocycles. The van der Waals surface area contributed by atoms with E-state index in [0.29, 0.717) is 24.2 Å². The lowest BCUT2D eigenvalue weighted by molar-refractivity contribution is -0.134. The van der Waals surface area contributed by atoms with Gasteiger partial charge >= 0.3 is 0 Å². The summed E-state index contributed by atoms with van der Waals surface area (Å²) in [5, 5.41) is 2.56. The third kappa shape index (κ3) is 4.71. The molecular formula is C27H28N4O3S. The van der Waals surface area contributed by atoms with E-state index in [1.807, 2.05) is 47.7 Å². The first-order valence-electron chi connectivity index (χ1n) is 11.9. The fourth-order valence-electron chi connectivity index (χ4n) is 4.95. The molecule has 0 unspecified atom stereocenters. The van der Waals surface area contributed by atoms with Gasteiger partial charge in [0.1, 0.15) is 5.01 Å².